The van der Waals surface area contributed by atoms with Gasteiger partial charge in [0.1, 0.15) is 11.4 Å². The highest BCUT2D eigenvalue weighted by Gasteiger charge is 2.22. The Morgan fingerprint density at radius 1 is 1.04 bits per heavy atom. The number of nitrogens with one attached hydrogen (secondary N) is 1. The second kappa shape index (κ2) is 9.54. The molecule has 1 aromatic heterocycles. The summed E-state index contributed by atoms with van der Waals surface area (Å²) in [5.74, 6) is -0.445. The van der Waals surface area contributed by atoms with Gasteiger partial charge in [0.2, 0.25) is 5.78 Å². The van der Waals surface area contributed by atoms with E-state index in [1.165, 1.54) is 31.7 Å². The Morgan fingerprint density at radius 3 is 2.57 bits per heavy atom. The molecular formula is C24H28FNO2. The van der Waals surface area contributed by atoms with Crippen LogP contribution in [-0.2, 0) is 0 Å². The van der Waals surface area contributed by atoms with Crippen molar-refractivity contribution in [3.63, 3.8) is 0 Å². The summed E-state index contributed by atoms with van der Waals surface area (Å²) in [6.07, 6.45) is 7.23. The average Bonchev–Trinajstić information content (AvgIpc) is 3.07. The number of benzene rings is 2. The van der Waals surface area contributed by atoms with Gasteiger partial charge in [0.25, 0.3) is 0 Å². The minimum Gasteiger partial charge on any atom is -0.450 e. The van der Waals surface area contributed by atoms with Gasteiger partial charge in [-0.1, -0.05) is 63.3 Å². The predicted octanol–water partition coefficient (Wildman–Crippen LogP) is 6.88. The summed E-state index contributed by atoms with van der Waals surface area (Å²) < 4.78 is 19.8. The number of ketones is 1. The van der Waals surface area contributed by atoms with Crippen LogP contribution in [0.2, 0.25) is 0 Å². The summed E-state index contributed by atoms with van der Waals surface area (Å²) >= 11 is 0. The maximum Gasteiger partial charge on any atom is 0.230 e. The van der Waals surface area contributed by atoms with Crippen LogP contribution in [0.1, 0.15) is 67.1 Å². The van der Waals surface area contributed by atoms with E-state index in [-0.39, 0.29) is 17.4 Å². The highest BCUT2D eigenvalue weighted by Crippen LogP contribution is 2.32. The largest absolute Gasteiger partial charge is 0.450 e. The average molecular weight is 381 g/mol. The molecule has 0 fully saturated rings. The molecule has 0 amide bonds. The van der Waals surface area contributed by atoms with Gasteiger partial charge in [-0.2, -0.15) is 0 Å². The molecule has 0 aliphatic rings. The van der Waals surface area contributed by atoms with E-state index in [1.807, 2.05) is 24.3 Å². The smallest absolute Gasteiger partial charge is 0.230 e. The molecular weight excluding hydrogens is 353 g/mol. The van der Waals surface area contributed by atoms with Gasteiger partial charge in [-0.15, -0.1) is 0 Å². The second-order valence-electron chi connectivity index (χ2n) is 7.29. The molecule has 0 aliphatic carbocycles. The Morgan fingerprint density at radius 2 is 1.79 bits per heavy atom. The monoisotopic (exact) mass is 381 g/mol. The van der Waals surface area contributed by atoms with Crippen LogP contribution in [0.15, 0.2) is 46.9 Å². The number of rotatable bonds is 10. The molecule has 0 bridgehead atoms. The molecule has 0 saturated carbocycles. The van der Waals surface area contributed by atoms with Crippen molar-refractivity contribution < 1.29 is 13.6 Å². The van der Waals surface area contributed by atoms with Gasteiger partial charge in [0, 0.05) is 17.5 Å². The molecule has 0 aliphatic heterocycles. The van der Waals surface area contributed by atoms with E-state index >= 15 is 0 Å². The third-order valence-corrected chi connectivity index (χ3v) is 5.07. The number of carbonyl (C=O) groups is 1. The van der Waals surface area contributed by atoms with Crippen molar-refractivity contribution in [1.29, 1.82) is 0 Å². The number of carbonyl (C=O) groups excluding carboxylic acids is 1. The number of halogens is 1. The van der Waals surface area contributed by atoms with Crippen molar-refractivity contribution in [3.8, 4) is 0 Å². The molecule has 0 spiro atoms. The number of hydrogen-bond acceptors (Lipinski definition) is 3. The molecule has 0 atom stereocenters. The lowest BCUT2D eigenvalue weighted by Gasteiger charge is -2.08. The fourth-order valence-corrected chi connectivity index (χ4v) is 3.36. The van der Waals surface area contributed by atoms with Crippen LogP contribution >= 0.6 is 0 Å². The van der Waals surface area contributed by atoms with Crippen LogP contribution in [0.25, 0.3) is 11.0 Å². The highest BCUT2D eigenvalue weighted by atomic mass is 19.1. The number of furan rings is 1. The van der Waals surface area contributed by atoms with Crippen molar-refractivity contribution >= 4 is 22.4 Å². The third kappa shape index (κ3) is 4.61. The van der Waals surface area contributed by atoms with E-state index in [9.17, 15) is 9.18 Å². The van der Waals surface area contributed by atoms with E-state index in [1.54, 1.807) is 19.1 Å². The number of aryl methyl sites for hydroxylation is 1. The van der Waals surface area contributed by atoms with Crippen molar-refractivity contribution in [2.75, 3.05) is 11.9 Å². The molecule has 0 saturated heterocycles. The third-order valence-electron chi connectivity index (χ3n) is 5.07. The van der Waals surface area contributed by atoms with E-state index in [2.05, 4.69) is 12.2 Å². The summed E-state index contributed by atoms with van der Waals surface area (Å²) in [5.41, 5.74) is 2.17. The van der Waals surface area contributed by atoms with E-state index in [0.717, 1.165) is 24.8 Å². The first-order valence-corrected chi connectivity index (χ1v) is 10.2. The van der Waals surface area contributed by atoms with Crippen molar-refractivity contribution in [2.24, 2.45) is 0 Å². The minimum absolute atomic E-state index is 0.246. The maximum absolute atomic E-state index is 13.9. The Bertz CT molecular complexity index is 945. The number of anilines is 1. The lowest BCUT2D eigenvalue weighted by molar-refractivity contribution is 0.101. The van der Waals surface area contributed by atoms with Gasteiger partial charge in [0.05, 0.1) is 5.69 Å². The van der Waals surface area contributed by atoms with Gasteiger partial charge in [-0.05, 0) is 37.1 Å². The molecule has 3 aromatic rings. The van der Waals surface area contributed by atoms with Crippen LogP contribution in [0, 0.1) is 12.7 Å². The van der Waals surface area contributed by atoms with Gasteiger partial charge in [0.15, 0.2) is 5.76 Å². The molecule has 28 heavy (non-hydrogen) atoms. The molecule has 1 N–H and O–H groups in total. The Balaban J connectivity index is 1.78. The Labute approximate surface area is 165 Å². The molecule has 0 radical (unpaired) electrons. The zero-order valence-electron chi connectivity index (χ0n) is 16.7. The number of para-hydroxylation sites is 1. The fraction of sp³-hybridized carbons (Fsp3) is 0.375. The van der Waals surface area contributed by atoms with Crippen LogP contribution in [0.4, 0.5) is 10.1 Å². The SMILES string of the molecule is CCCCCCCCNc1c(C(=O)c2ccc(C)c(F)c2)oc2ccccc12. The molecule has 3 nitrogen and oxygen atoms in total. The lowest BCUT2D eigenvalue weighted by atomic mass is 10.0. The maximum atomic E-state index is 13.9. The summed E-state index contributed by atoms with van der Waals surface area (Å²) in [5, 5.41) is 4.27. The van der Waals surface area contributed by atoms with Crippen LogP contribution in [0.3, 0.4) is 0 Å². The summed E-state index contributed by atoms with van der Waals surface area (Å²) in [6, 6.07) is 12.1. The van der Waals surface area contributed by atoms with Crippen LogP contribution in [-0.4, -0.2) is 12.3 Å². The van der Waals surface area contributed by atoms with Crippen molar-refractivity contribution in [1.82, 2.24) is 0 Å². The quantitative estimate of drug-likeness (QED) is 0.307. The number of unbranched alkanes of at least 4 members (excludes halogenated alkanes) is 5. The molecule has 3 rings (SSSR count). The van der Waals surface area contributed by atoms with Crippen molar-refractivity contribution in [3.05, 3.63) is 65.2 Å². The van der Waals surface area contributed by atoms with Crippen LogP contribution in [0.5, 0.6) is 0 Å². The summed E-state index contributed by atoms with van der Waals surface area (Å²) in [4.78, 5) is 13.0. The Hall–Kier alpha value is -2.62. The first-order valence-electron chi connectivity index (χ1n) is 10.2. The second-order valence-corrected chi connectivity index (χ2v) is 7.29. The van der Waals surface area contributed by atoms with Crippen LogP contribution < -0.4 is 5.32 Å². The zero-order chi connectivity index (χ0) is 19.9. The molecule has 148 valence electrons. The zero-order valence-corrected chi connectivity index (χ0v) is 16.7. The van der Waals surface area contributed by atoms with Gasteiger partial charge < -0.3 is 9.73 Å². The minimum atomic E-state index is -0.386. The lowest BCUT2D eigenvalue weighted by Crippen LogP contribution is -2.08. The molecule has 2 aromatic carbocycles. The van der Waals surface area contributed by atoms with E-state index < -0.39 is 0 Å². The van der Waals surface area contributed by atoms with E-state index in [4.69, 9.17) is 4.42 Å². The van der Waals surface area contributed by atoms with Gasteiger partial charge in [-0.25, -0.2) is 4.39 Å². The molecule has 4 heteroatoms. The highest BCUT2D eigenvalue weighted by molar-refractivity contribution is 6.14. The normalized spacial score (nSPS) is 11.1. The number of hydrogen-bond donors (Lipinski definition) is 1. The first kappa shape index (κ1) is 20.1. The predicted molar refractivity (Wildman–Crippen MR) is 113 cm³/mol. The van der Waals surface area contributed by atoms with Crippen molar-refractivity contribution in [2.45, 2.75) is 52.4 Å². The standard InChI is InChI=1S/C24H28FNO2/c1-3-4-5-6-7-10-15-26-22-19-11-8-9-12-21(19)28-24(22)23(27)18-14-13-17(2)20(25)16-18/h8-9,11-14,16,26H,3-7,10,15H2,1-2H3. The van der Waals surface area contributed by atoms with Gasteiger partial charge >= 0.3 is 0 Å². The van der Waals surface area contributed by atoms with Gasteiger partial charge in [-0.3, -0.25) is 4.79 Å². The molecule has 1 heterocycles. The fourth-order valence-electron chi connectivity index (χ4n) is 3.36. The van der Waals surface area contributed by atoms with E-state index in [0.29, 0.717) is 22.4 Å². The first-order chi connectivity index (χ1) is 13.6. The number of fused-ring (bicyclic) bond motifs is 1. The molecule has 0 unspecified atom stereocenters. The Kier molecular flexibility index (Phi) is 6.85. The summed E-state index contributed by atoms with van der Waals surface area (Å²) in [7, 11) is 0. The summed E-state index contributed by atoms with van der Waals surface area (Å²) in [6.45, 7) is 4.67. The topological polar surface area (TPSA) is 42.2 Å².